The zero-order valence-corrected chi connectivity index (χ0v) is 16.6. The van der Waals surface area contributed by atoms with Crippen molar-refractivity contribution in [2.24, 2.45) is 4.99 Å². The third-order valence-electron chi connectivity index (χ3n) is 4.60. The van der Waals surface area contributed by atoms with Crippen LogP contribution in [0.25, 0.3) is 0 Å². The van der Waals surface area contributed by atoms with Gasteiger partial charge in [0.05, 0.1) is 26.3 Å². The van der Waals surface area contributed by atoms with E-state index in [1.165, 1.54) is 0 Å². The van der Waals surface area contributed by atoms with Crippen molar-refractivity contribution in [3.63, 3.8) is 0 Å². The first-order valence-corrected chi connectivity index (χ1v) is 9.78. The van der Waals surface area contributed by atoms with E-state index >= 15 is 0 Å². The van der Waals surface area contributed by atoms with Crippen molar-refractivity contribution in [2.45, 2.75) is 32.4 Å². The summed E-state index contributed by atoms with van der Waals surface area (Å²) in [6.45, 7) is 6.64. The number of ether oxygens (including phenoxy) is 2. The van der Waals surface area contributed by atoms with E-state index in [0.29, 0.717) is 32.3 Å². The Balaban J connectivity index is 1.70. The van der Waals surface area contributed by atoms with Gasteiger partial charge in [0.15, 0.2) is 17.5 Å². The molecule has 0 saturated carbocycles. The van der Waals surface area contributed by atoms with Crippen molar-refractivity contribution in [2.75, 3.05) is 26.3 Å². The zero-order chi connectivity index (χ0) is 19.8. The molecule has 2 aromatic rings. The summed E-state index contributed by atoms with van der Waals surface area (Å²) in [4.78, 5) is 4.67. The van der Waals surface area contributed by atoms with Gasteiger partial charge in [0.25, 0.3) is 0 Å². The predicted octanol–water partition coefficient (Wildman–Crippen LogP) is 2.81. The van der Waals surface area contributed by atoms with Gasteiger partial charge in [0.1, 0.15) is 5.60 Å². The predicted molar refractivity (Wildman–Crippen MR) is 111 cm³/mol. The van der Waals surface area contributed by atoms with Crippen LogP contribution in [-0.2, 0) is 12.1 Å². The summed E-state index contributed by atoms with van der Waals surface area (Å²) in [6.07, 6.45) is 0.871. The van der Waals surface area contributed by atoms with E-state index in [-0.39, 0.29) is 0 Å². The van der Waals surface area contributed by atoms with E-state index < -0.39 is 5.60 Å². The van der Waals surface area contributed by atoms with Crippen LogP contribution in [0.1, 0.15) is 31.4 Å². The number of benzene rings is 2. The lowest BCUT2D eigenvalue weighted by Crippen LogP contribution is -2.44. The average Bonchev–Trinajstić information content (AvgIpc) is 2.97. The summed E-state index contributed by atoms with van der Waals surface area (Å²) in [5.41, 5.74) is 0.835. The molecule has 0 amide bonds. The van der Waals surface area contributed by atoms with Gasteiger partial charge in [0, 0.05) is 18.5 Å². The van der Waals surface area contributed by atoms with Gasteiger partial charge in [-0.25, -0.2) is 4.99 Å². The third kappa shape index (κ3) is 5.16. The number of hydrogen-bond acceptors (Lipinski definition) is 4. The van der Waals surface area contributed by atoms with E-state index in [0.717, 1.165) is 35.6 Å². The molecule has 0 fully saturated rings. The molecule has 1 aliphatic rings. The Bertz CT molecular complexity index is 791. The molecule has 0 aromatic heterocycles. The molecule has 0 bridgehead atoms. The molecule has 3 N–H and O–H groups in total. The minimum absolute atomic E-state index is 0.343. The van der Waals surface area contributed by atoms with Gasteiger partial charge in [-0.15, -0.1) is 0 Å². The number of nitrogens with zero attached hydrogens (tertiary/aromatic N) is 1. The first kappa shape index (κ1) is 20.0. The molecule has 0 saturated heterocycles. The van der Waals surface area contributed by atoms with E-state index in [1.54, 1.807) is 6.92 Å². The van der Waals surface area contributed by atoms with Crippen LogP contribution in [0.4, 0.5) is 0 Å². The molecule has 1 aliphatic heterocycles. The Labute approximate surface area is 166 Å². The smallest absolute Gasteiger partial charge is 0.191 e. The fourth-order valence-electron chi connectivity index (χ4n) is 3.04. The molecule has 0 aliphatic carbocycles. The van der Waals surface area contributed by atoms with Crippen LogP contribution in [0, 0.1) is 0 Å². The van der Waals surface area contributed by atoms with Crippen LogP contribution >= 0.6 is 0 Å². The fraction of sp³-hybridized carbons (Fsp3) is 0.409. The number of fused-ring (bicyclic) bond motifs is 1. The molecule has 0 radical (unpaired) electrons. The Morgan fingerprint density at radius 1 is 1.07 bits per heavy atom. The molecule has 6 heteroatoms. The first-order chi connectivity index (χ1) is 13.6. The van der Waals surface area contributed by atoms with Gasteiger partial charge in [-0.05, 0) is 25.5 Å². The summed E-state index contributed by atoms with van der Waals surface area (Å²) < 4.78 is 11.6. The number of aliphatic imine (C=N–C) groups is 1. The van der Waals surface area contributed by atoms with Gasteiger partial charge in [0.2, 0.25) is 0 Å². The number of rotatable bonds is 6. The molecule has 1 heterocycles. The molecule has 28 heavy (non-hydrogen) atoms. The van der Waals surface area contributed by atoms with Gasteiger partial charge in [-0.2, -0.15) is 0 Å². The first-order valence-electron chi connectivity index (χ1n) is 9.78. The van der Waals surface area contributed by atoms with E-state index in [9.17, 15) is 5.11 Å². The standard InChI is InChI=1S/C22H29N3O3/c1-3-23-21(25-16-22(2,26)18-10-5-4-6-11-18)24-15-17-9-7-12-19-20(17)28-14-8-13-27-19/h4-7,9-12,26H,3,8,13-16H2,1-2H3,(H2,23,24,25). The van der Waals surface area contributed by atoms with Crippen molar-refractivity contribution in [3.8, 4) is 11.5 Å². The Morgan fingerprint density at radius 2 is 1.86 bits per heavy atom. The SMILES string of the molecule is CCNC(=NCc1cccc2c1OCCCO2)NCC(C)(O)c1ccccc1. The highest BCUT2D eigenvalue weighted by molar-refractivity contribution is 5.79. The lowest BCUT2D eigenvalue weighted by Gasteiger charge is -2.25. The Kier molecular flexibility index (Phi) is 6.76. The Hall–Kier alpha value is -2.73. The summed E-state index contributed by atoms with van der Waals surface area (Å²) in [6, 6.07) is 15.5. The average molecular weight is 383 g/mol. The van der Waals surface area contributed by atoms with Gasteiger partial charge < -0.3 is 25.2 Å². The normalized spacial score (nSPS) is 16.0. The maximum absolute atomic E-state index is 10.8. The molecular weight excluding hydrogens is 354 g/mol. The number of hydrogen-bond donors (Lipinski definition) is 3. The molecule has 150 valence electrons. The van der Waals surface area contributed by atoms with Crippen LogP contribution in [0.2, 0.25) is 0 Å². The van der Waals surface area contributed by atoms with Crippen LogP contribution in [0.3, 0.4) is 0 Å². The van der Waals surface area contributed by atoms with Gasteiger partial charge >= 0.3 is 0 Å². The summed E-state index contributed by atoms with van der Waals surface area (Å²) in [7, 11) is 0. The van der Waals surface area contributed by atoms with Gasteiger partial charge in [-0.3, -0.25) is 0 Å². The maximum atomic E-state index is 10.8. The third-order valence-corrected chi connectivity index (χ3v) is 4.60. The lowest BCUT2D eigenvalue weighted by molar-refractivity contribution is 0.0617. The second-order valence-electron chi connectivity index (χ2n) is 6.98. The second kappa shape index (κ2) is 9.46. The monoisotopic (exact) mass is 383 g/mol. The van der Waals surface area contributed by atoms with E-state index in [2.05, 4.69) is 15.6 Å². The molecule has 3 rings (SSSR count). The van der Waals surface area contributed by atoms with E-state index in [4.69, 9.17) is 9.47 Å². The maximum Gasteiger partial charge on any atom is 0.191 e. The molecular formula is C22H29N3O3. The quantitative estimate of drug-likeness (QED) is 0.528. The highest BCUT2D eigenvalue weighted by atomic mass is 16.5. The Morgan fingerprint density at radius 3 is 2.64 bits per heavy atom. The van der Waals surface area contributed by atoms with Gasteiger partial charge in [-0.1, -0.05) is 42.5 Å². The lowest BCUT2D eigenvalue weighted by atomic mass is 9.96. The van der Waals surface area contributed by atoms with Crippen molar-refractivity contribution in [1.29, 1.82) is 0 Å². The molecule has 6 nitrogen and oxygen atoms in total. The largest absolute Gasteiger partial charge is 0.490 e. The highest BCUT2D eigenvalue weighted by Gasteiger charge is 2.23. The summed E-state index contributed by atoms with van der Waals surface area (Å²) >= 11 is 0. The number of aliphatic hydroxyl groups is 1. The minimum Gasteiger partial charge on any atom is -0.490 e. The number of guanidine groups is 1. The van der Waals surface area contributed by atoms with Crippen molar-refractivity contribution in [1.82, 2.24) is 10.6 Å². The molecule has 0 spiro atoms. The number of nitrogens with one attached hydrogen (secondary N) is 2. The fourth-order valence-corrected chi connectivity index (χ4v) is 3.04. The van der Waals surface area contributed by atoms with Crippen molar-refractivity contribution < 1.29 is 14.6 Å². The zero-order valence-electron chi connectivity index (χ0n) is 16.6. The molecule has 2 aromatic carbocycles. The van der Waals surface area contributed by atoms with Crippen molar-refractivity contribution >= 4 is 5.96 Å². The highest BCUT2D eigenvalue weighted by Crippen LogP contribution is 2.33. The van der Waals surface area contributed by atoms with Crippen molar-refractivity contribution in [3.05, 3.63) is 59.7 Å². The summed E-state index contributed by atoms with van der Waals surface area (Å²) in [5.74, 6) is 2.19. The van der Waals surface area contributed by atoms with E-state index in [1.807, 2.05) is 55.5 Å². The van der Waals surface area contributed by atoms with Crippen LogP contribution in [-0.4, -0.2) is 37.4 Å². The minimum atomic E-state index is -1.00. The number of para-hydroxylation sites is 1. The molecule has 1 atom stereocenters. The topological polar surface area (TPSA) is 75.1 Å². The summed E-state index contributed by atoms with van der Waals surface area (Å²) in [5, 5.41) is 17.3. The van der Waals surface area contributed by atoms with Crippen LogP contribution < -0.4 is 20.1 Å². The van der Waals surface area contributed by atoms with Crippen LogP contribution in [0.15, 0.2) is 53.5 Å². The van der Waals surface area contributed by atoms with Crippen LogP contribution in [0.5, 0.6) is 11.5 Å². The second-order valence-corrected chi connectivity index (χ2v) is 6.98. The molecule has 1 unspecified atom stereocenters.